The molecule has 1 aromatic carbocycles. The number of fused-ring (bicyclic) bond motifs is 2. The second-order valence-electron chi connectivity index (χ2n) is 11.1. The van der Waals surface area contributed by atoms with Gasteiger partial charge in [0.2, 0.25) is 5.91 Å². The minimum Gasteiger partial charge on any atom is -0.380 e. The summed E-state index contributed by atoms with van der Waals surface area (Å²) in [5.41, 5.74) is 6.25. The molecule has 2 aliphatic carbocycles. The molecule has 2 saturated heterocycles. The van der Waals surface area contributed by atoms with Crippen LogP contribution < -0.4 is 5.73 Å². The minimum atomic E-state index is -1.08. The van der Waals surface area contributed by atoms with Crippen molar-refractivity contribution >= 4 is 11.8 Å². The Hall–Kier alpha value is -1.92. The largest absolute Gasteiger partial charge is 0.380 e. The topological polar surface area (TPSA) is 86.9 Å². The number of hydrogen-bond acceptors (Lipinski definition) is 4. The van der Waals surface area contributed by atoms with Gasteiger partial charge in [-0.25, -0.2) is 0 Å². The molecule has 2 heterocycles. The molecule has 0 aromatic heterocycles. The van der Waals surface area contributed by atoms with Crippen LogP contribution in [0.3, 0.4) is 0 Å². The number of aliphatic hydroxyl groups is 1. The van der Waals surface area contributed by atoms with Gasteiger partial charge in [0.25, 0.3) is 5.91 Å². The van der Waals surface area contributed by atoms with Gasteiger partial charge in [0.05, 0.1) is 0 Å². The highest BCUT2D eigenvalue weighted by Crippen LogP contribution is 2.43. The predicted molar refractivity (Wildman–Crippen MR) is 128 cm³/mol. The number of nitrogens with zero attached hydrogens (tertiary/aromatic N) is 2. The summed E-state index contributed by atoms with van der Waals surface area (Å²) in [6, 6.07) is 8.90. The first kappa shape index (κ1) is 22.9. The number of hydrogen-bond donors (Lipinski definition) is 2. The first-order valence-electron chi connectivity index (χ1n) is 13.1. The normalized spacial score (nSPS) is 29.1. The van der Waals surface area contributed by atoms with Gasteiger partial charge in [-0.2, -0.15) is 0 Å². The van der Waals surface area contributed by atoms with Crippen molar-refractivity contribution in [3.05, 3.63) is 35.4 Å². The van der Waals surface area contributed by atoms with E-state index in [0.717, 1.165) is 32.5 Å². The van der Waals surface area contributed by atoms with Crippen LogP contribution in [0.1, 0.15) is 92.5 Å². The summed E-state index contributed by atoms with van der Waals surface area (Å²) < 4.78 is 0. The molecule has 2 bridgehead atoms. The Balaban J connectivity index is 1.22. The van der Waals surface area contributed by atoms with Gasteiger partial charge in [-0.3, -0.25) is 14.5 Å². The lowest BCUT2D eigenvalue weighted by molar-refractivity contribution is -0.143. The minimum absolute atomic E-state index is 0.0291. The zero-order valence-corrected chi connectivity index (χ0v) is 19.8. The van der Waals surface area contributed by atoms with Gasteiger partial charge in [-0.15, -0.1) is 0 Å². The Morgan fingerprint density at radius 3 is 2.39 bits per heavy atom. The van der Waals surface area contributed by atoms with Crippen molar-refractivity contribution in [1.29, 1.82) is 0 Å². The fourth-order valence-corrected chi connectivity index (χ4v) is 6.68. The van der Waals surface area contributed by atoms with Crippen LogP contribution in [0, 0.1) is 5.92 Å². The van der Waals surface area contributed by atoms with Gasteiger partial charge in [0.1, 0.15) is 5.60 Å². The number of carbonyl (C=O) groups is 2. The van der Waals surface area contributed by atoms with Gasteiger partial charge in [-0.05, 0) is 80.9 Å². The molecule has 6 heteroatoms. The van der Waals surface area contributed by atoms with E-state index in [2.05, 4.69) is 11.0 Å². The highest BCUT2D eigenvalue weighted by Gasteiger charge is 2.50. The lowest BCUT2D eigenvalue weighted by Crippen LogP contribution is -2.50. The number of benzene rings is 1. The van der Waals surface area contributed by atoms with E-state index >= 15 is 0 Å². The monoisotopic (exact) mass is 453 g/mol. The van der Waals surface area contributed by atoms with Gasteiger partial charge in [0, 0.05) is 37.3 Å². The van der Waals surface area contributed by atoms with Crippen molar-refractivity contribution < 1.29 is 14.7 Å². The van der Waals surface area contributed by atoms with Crippen LogP contribution in [0.2, 0.25) is 0 Å². The molecule has 2 aliphatic heterocycles. The third kappa shape index (κ3) is 4.97. The molecule has 2 amide bonds. The average molecular weight is 454 g/mol. The van der Waals surface area contributed by atoms with Crippen LogP contribution in [0.4, 0.5) is 0 Å². The summed E-state index contributed by atoms with van der Waals surface area (Å²) in [6.07, 6.45) is 12.1. The maximum absolute atomic E-state index is 13.1. The van der Waals surface area contributed by atoms with Crippen molar-refractivity contribution in [1.82, 2.24) is 9.80 Å². The fraction of sp³-hybridized carbons (Fsp3) is 0.704. The molecule has 0 spiro atoms. The quantitative estimate of drug-likeness (QED) is 0.631. The first-order valence-corrected chi connectivity index (χ1v) is 13.1. The molecular formula is C27H39N3O3. The molecule has 2 saturated carbocycles. The van der Waals surface area contributed by atoms with Gasteiger partial charge >= 0.3 is 0 Å². The zero-order valence-electron chi connectivity index (χ0n) is 19.8. The summed E-state index contributed by atoms with van der Waals surface area (Å²) in [4.78, 5) is 29.3. The maximum Gasteiger partial charge on any atom is 0.254 e. The van der Waals surface area contributed by atoms with E-state index in [1.54, 1.807) is 6.07 Å². The lowest BCUT2D eigenvalue weighted by Gasteiger charge is -2.41. The van der Waals surface area contributed by atoms with Crippen molar-refractivity contribution in [3.8, 4) is 0 Å². The standard InChI is InChI=1S/C27H39N3O3/c28-25(31)21-8-4-7-20(15-21)22-16-23-9-10-24(17-22)30(23)14-13-29(26(32)27(33)11-12-27)18-19-5-2-1-3-6-19/h4,7-8,15,19,22-24,33H,1-3,5-6,9-14,16-18H2,(H2,28,31)/t22?,23-,24+. The van der Waals surface area contributed by atoms with E-state index in [1.807, 2.05) is 17.0 Å². The van der Waals surface area contributed by atoms with E-state index in [9.17, 15) is 14.7 Å². The Morgan fingerprint density at radius 2 is 1.76 bits per heavy atom. The first-order chi connectivity index (χ1) is 15.9. The Morgan fingerprint density at radius 1 is 1.06 bits per heavy atom. The SMILES string of the molecule is NC(=O)c1cccc(C2C[C@H]3CC[C@@H](C2)N3CCN(CC2CCCCC2)C(=O)C2(O)CC2)c1. The van der Waals surface area contributed by atoms with Crippen LogP contribution in [0.5, 0.6) is 0 Å². The van der Waals surface area contributed by atoms with Gasteiger partial charge < -0.3 is 15.7 Å². The van der Waals surface area contributed by atoms with Crippen LogP contribution in [-0.2, 0) is 4.79 Å². The van der Waals surface area contributed by atoms with Crippen LogP contribution in [-0.4, -0.2) is 64.0 Å². The van der Waals surface area contributed by atoms with E-state index in [4.69, 9.17) is 5.73 Å². The molecule has 1 unspecified atom stereocenters. The maximum atomic E-state index is 13.1. The van der Waals surface area contributed by atoms with Crippen LogP contribution in [0.25, 0.3) is 0 Å². The highest BCUT2D eigenvalue weighted by molar-refractivity contribution is 5.92. The second kappa shape index (κ2) is 9.38. The van der Waals surface area contributed by atoms with Crippen molar-refractivity contribution in [3.63, 3.8) is 0 Å². The van der Waals surface area contributed by atoms with E-state index < -0.39 is 5.60 Å². The molecule has 0 radical (unpaired) electrons. The Kier molecular flexibility index (Phi) is 6.49. The molecule has 4 aliphatic rings. The Labute approximate surface area is 197 Å². The van der Waals surface area contributed by atoms with Crippen molar-refractivity contribution in [2.75, 3.05) is 19.6 Å². The predicted octanol–water partition coefficient (Wildman–Crippen LogP) is 3.43. The Bertz CT molecular complexity index is 863. The van der Waals surface area contributed by atoms with Crippen LogP contribution >= 0.6 is 0 Å². The number of carbonyl (C=O) groups excluding carboxylic acids is 2. The molecule has 33 heavy (non-hydrogen) atoms. The van der Waals surface area contributed by atoms with Gasteiger partial charge in [0.15, 0.2) is 0 Å². The third-order valence-corrected chi connectivity index (χ3v) is 8.77. The number of amides is 2. The molecule has 3 N–H and O–H groups in total. The zero-order chi connectivity index (χ0) is 23.0. The van der Waals surface area contributed by atoms with Crippen molar-refractivity contribution in [2.45, 2.75) is 94.2 Å². The summed E-state index contributed by atoms with van der Waals surface area (Å²) in [6.45, 7) is 2.44. The molecule has 4 fully saturated rings. The summed E-state index contributed by atoms with van der Waals surface area (Å²) >= 11 is 0. The summed E-state index contributed by atoms with van der Waals surface area (Å²) in [7, 11) is 0. The van der Waals surface area contributed by atoms with Crippen LogP contribution in [0.15, 0.2) is 24.3 Å². The lowest BCUT2D eigenvalue weighted by atomic mass is 9.84. The second-order valence-corrected chi connectivity index (χ2v) is 11.1. The highest BCUT2D eigenvalue weighted by atomic mass is 16.3. The number of nitrogens with two attached hydrogens (primary N) is 1. The smallest absolute Gasteiger partial charge is 0.254 e. The van der Waals surface area contributed by atoms with E-state index in [1.165, 1.54) is 50.5 Å². The molecule has 180 valence electrons. The van der Waals surface area contributed by atoms with E-state index in [-0.39, 0.29) is 11.8 Å². The molecule has 3 atom stereocenters. The van der Waals surface area contributed by atoms with Crippen molar-refractivity contribution in [2.24, 2.45) is 11.7 Å². The average Bonchev–Trinajstić information content (AvgIpc) is 3.54. The molecule has 1 aromatic rings. The van der Waals surface area contributed by atoms with E-state index in [0.29, 0.717) is 42.3 Å². The number of primary amides is 1. The van der Waals surface area contributed by atoms with Gasteiger partial charge in [-0.1, -0.05) is 31.4 Å². The molecule has 6 nitrogen and oxygen atoms in total. The summed E-state index contributed by atoms with van der Waals surface area (Å²) in [5.74, 6) is 0.658. The third-order valence-electron chi connectivity index (χ3n) is 8.77. The number of piperidine rings is 1. The molecular weight excluding hydrogens is 414 g/mol. The molecule has 5 rings (SSSR count). The summed E-state index contributed by atoms with van der Waals surface area (Å²) in [5, 5.41) is 10.5. The number of rotatable bonds is 8. The fourth-order valence-electron chi connectivity index (χ4n) is 6.68.